The van der Waals surface area contributed by atoms with Gasteiger partial charge in [0.15, 0.2) is 4.99 Å². The van der Waals surface area contributed by atoms with Crippen LogP contribution in [0.25, 0.3) is 0 Å². The molecule has 28 heavy (non-hydrogen) atoms. The van der Waals surface area contributed by atoms with Gasteiger partial charge in [0.1, 0.15) is 11.9 Å². The van der Waals surface area contributed by atoms with E-state index in [1.54, 1.807) is 30.3 Å². The predicted molar refractivity (Wildman–Crippen MR) is 107 cm³/mol. The topological polar surface area (TPSA) is 121 Å². The molecule has 3 N–H and O–H groups in total. The highest BCUT2D eigenvalue weighted by Crippen LogP contribution is 2.47. The second kappa shape index (κ2) is 9.67. The number of hydrogen-bond donors (Lipinski definition) is 3. The van der Waals surface area contributed by atoms with Crippen LogP contribution in [0.1, 0.15) is 43.4 Å². The van der Waals surface area contributed by atoms with E-state index in [0.717, 1.165) is 24.0 Å². The first kappa shape index (κ1) is 22.6. The van der Waals surface area contributed by atoms with Crippen molar-refractivity contribution in [2.24, 2.45) is 0 Å². The lowest BCUT2D eigenvalue weighted by molar-refractivity contribution is 0.191. The summed E-state index contributed by atoms with van der Waals surface area (Å²) >= 11 is 0. The Morgan fingerprint density at radius 1 is 1.04 bits per heavy atom. The highest BCUT2D eigenvalue weighted by molar-refractivity contribution is 7.93. The Labute approximate surface area is 165 Å². The van der Waals surface area contributed by atoms with Crippen LogP contribution in [0, 0.1) is 0 Å². The third kappa shape index (κ3) is 6.72. The molecule has 0 amide bonds. The van der Waals surface area contributed by atoms with Crippen molar-refractivity contribution in [3.63, 3.8) is 0 Å². The first-order chi connectivity index (χ1) is 13.1. The molecule has 0 heterocycles. The Bertz CT molecular complexity index is 909. The van der Waals surface area contributed by atoms with E-state index in [9.17, 15) is 27.3 Å². The molecule has 2 aromatic rings. The van der Waals surface area contributed by atoms with Crippen LogP contribution in [-0.2, 0) is 21.1 Å². The van der Waals surface area contributed by atoms with E-state index >= 15 is 0 Å². The van der Waals surface area contributed by atoms with E-state index in [-0.39, 0.29) is 6.42 Å². The molecule has 2 atom stereocenters. The van der Waals surface area contributed by atoms with Crippen LogP contribution < -0.4 is 4.74 Å². The first-order valence-corrected chi connectivity index (χ1v) is 12.1. The molecule has 2 aromatic carbocycles. The number of benzene rings is 2. The summed E-state index contributed by atoms with van der Waals surface area (Å²) in [5.41, 5.74) is 1.83. The van der Waals surface area contributed by atoms with E-state index in [2.05, 4.69) is 6.92 Å². The van der Waals surface area contributed by atoms with Gasteiger partial charge in [0.25, 0.3) is 10.1 Å². The van der Waals surface area contributed by atoms with Gasteiger partial charge >= 0.3 is 7.60 Å². The third-order valence-corrected chi connectivity index (χ3v) is 7.84. The van der Waals surface area contributed by atoms with Gasteiger partial charge in [0.05, 0.1) is 0 Å². The lowest BCUT2D eigenvalue weighted by Gasteiger charge is -2.22. The smallest absolute Gasteiger partial charge is 0.346 e. The zero-order valence-electron chi connectivity index (χ0n) is 15.5. The van der Waals surface area contributed by atoms with Crippen LogP contribution in [0.3, 0.4) is 0 Å². The Morgan fingerprint density at radius 2 is 1.71 bits per heavy atom. The molecule has 2 rings (SSSR count). The normalized spacial score (nSPS) is 14.4. The van der Waals surface area contributed by atoms with Gasteiger partial charge < -0.3 is 14.5 Å². The molecule has 0 saturated carbocycles. The van der Waals surface area contributed by atoms with Crippen molar-refractivity contribution in [1.82, 2.24) is 0 Å². The first-order valence-electron chi connectivity index (χ1n) is 8.93. The van der Waals surface area contributed by atoms with Gasteiger partial charge in [0, 0.05) is 0 Å². The molecule has 0 fully saturated rings. The minimum Gasteiger partial charge on any atom is -0.486 e. The maximum absolute atomic E-state index is 11.5. The largest absolute Gasteiger partial charge is 0.486 e. The highest BCUT2D eigenvalue weighted by Gasteiger charge is 2.40. The maximum atomic E-state index is 11.5. The summed E-state index contributed by atoms with van der Waals surface area (Å²) in [7, 11) is -9.94. The van der Waals surface area contributed by atoms with Crippen molar-refractivity contribution in [1.29, 1.82) is 0 Å². The van der Waals surface area contributed by atoms with Crippen LogP contribution >= 0.6 is 7.60 Å². The molecular formula is C19H25O7PS. The molecule has 0 bridgehead atoms. The quantitative estimate of drug-likeness (QED) is 0.387. The summed E-state index contributed by atoms with van der Waals surface area (Å²) < 4.78 is 49.6. The summed E-state index contributed by atoms with van der Waals surface area (Å²) in [5, 5.41) is 0. The van der Waals surface area contributed by atoms with Crippen molar-refractivity contribution in [2.75, 3.05) is 0 Å². The van der Waals surface area contributed by atoms with Gasteiger partial charge in [0.2, 0.25) is 0 Å². The Hall–Kier alpha value is -1.70. The molecule has 2 unspecified atom stereocenters. The fourth-order valence-electron chi connectivity index (χ4n) is 2.97. The number of aryl methyl sites for hydroxylation is 1. The van der Waals surface area contributed by atoms with Gasteiger partial charge in [-0.15, -0.1) is 0 Å². The third-order valence-electron chi connectivity index (χ3n) is 4.28. The average molecular weight is 428 g/mol. The zero-order chi connectivity index (χ0) is 20.8. The highest BCUT2D eigenvalue weighted by atomic mass is 32.2. The summed E-state index contributed by atoms with van der Waals surface area (Å²) in [5.74, 6) is 0.583. The minimum atomic E-state index is -5.04. The molecule has 0 radical (unpaired) electrons. The molecule has 7 nitrogen and oxygen atoms in total. The van der Waals surface area contributed by atoms with Crippen molar-refractivity contribution in [3.05, 3.63) is 65.7 Å². The van der Waals surface area contributed by atoms with Crippen LogP contribution in [0.4, 0.5) is 0 Å². The average Bonchev–Trinajstić information content (AvgIpc) is 2.60. The van der Waals surface area contributed by atoms with Crippen LogP contribution in [0.2, 0.25) is 0 Å². The van der Waals surface area contributed by atoms with Crippen molar-refractivity contribution in [2.45, 2.75) is 43.7 Å². The van der Waals surface area contributed by atoms with Crippen molar-refractivity contribution in [3.8, 4) is 5.75 Å². The molecule has 0 aromatic heterocycles. The second-order valence-electron chi connectivity index (χ2n) is 6.55. The fraction of sp³-hybridized carbons (Fsp3) is 0.368. The van der Waals surface area contributed by atoms with Gasteiger partial charge in [-0.3, -0.25) is 9.12 Å². The standard InChI is InChI=1S/C19H25O7PS/c1-2-7-15-8-6-11-17(14-15)26-18(16-9-4-3-5-10-16)12-13-19(27(20,21)22)28(23,24)25/h3-6,8-11,14,18-19H,2,7,12-13H2,1H3,(H2,20,21,22)(H,23,24,25). The fourth-order valence-corrected chi connectivity index (χ4v) is 5.28. The molecule has 0 aliphatic carbocycles. The second-order valence-corrected chi connectivity index (χ2v) is 10.3. The molecule has 0 aliphatic rings. The van der Waals surface area contributed by atoms with Gasteiger partial charge in [-0.05, 0) is 42.5 Å². The van der Waals surface area contributed by atoms with Crippen LogP contribution in [-0.4, -0.2) is 27.7 Å². The van der Waals surface area contributed by atoms with E-state index < -0.39 is 35.2 Å². The molecule has 0 saturated heterocycles. The van der Waals surface area contributed by atoms with Crippen LogP contribution in [0.5, 0.6) is 5.75 Å². The Morgan fingerprint density at radius 3 is 2.29 bits per heavy atom. The number of hydrogen-bond acceptors (Lipinski definition) is 4. The SMILES string of the molecule is CCCc1cccc(OC(CCC(P(=O)(O)O)S(=O)(=O)O)c2ccccc2)c1. The Kier molecular flexibility index (Phi) is 7.80. The molecule has 0 aliphatic heterocycles. The van der Waals surface area contributed by atoms with E-state index in [0.29, 0.717) is 5.75 Å². The monoisotopic (exact) mass is 428 g/mol. The van der Waals surface area contributed by atoms with Crippen LogP contribution in [0.15, 0.2) is 54.6 Å². The predicted octanol–water partition coefficient (Wildman–Crippen LogP) is 3.93. The van der Waals surface area contributed by atoms with Crippen molar-refractivity contribution < 1.29 is 32.1 Å². The van der Waals surface area contributed by atoms with E-state index in [4.69, 9.17) is 4.74 Å². The lowest BCUT2D eigenvalue weighted by atomic mass is 10.0. The summed E-state index contributed by atoms with van der Waals surface area (Å²) in [6.45, 7) is 2.07. The molecule has 9 heteroatoms. The van der Waals surface area contributed by atoms with E-state index in [1.165, 1.54) is 0 Å². The molecular weight excluding hydrogens is 403 g/mol. The number of ether oxygens (including phenoxy) is 1. The number of rotatable bonds is 10. The summed E-state index contributed by atoms with van der Waals surface area (Å²) in [6, 6.07) is 16.5. The van der Waals surface area contributed by atoms with Gasteiger partial charge in [-0.25, -0.2) is 0 Å². The van der Waals surface area contributed by atoms with E-state index in [1.807, 2.05) is 24.3 Å². The lowest BCUT2D eigenvalue weighted by Crippen LogP contribution is -2.22. The minimum absolute atomic E-state index is 0.00240. The summed E-state index contributed by atoms with van der Waals surface area (Å²) in [4.78, 5) is 16.4. The molecule has 0 spiro atoms. The summed E-state index contributed by atoms with van der Waals surface area (Å²) in [6.07, 6.45) is 0.781. The molecule has 154 valence electrons. The zero-order valence-corrected chi connectivity index (χ0v) is 17.2. The van der Waals surface area contributed by atoms with Gasteiger partial charge in [-0.1, -0.05) is 55.8 Å². The van der Waals surface area contributed by atoms with Crippen molar-refractivity contribution >= 4 is 17.7 Å². The van der Waals surface area contributed by atoms with Gasteiger partial charge in [-0.2, -0.15) is 8.42 Å². The maximum Gasteiger partial charge on any atom is 0.346 e. The Balaban J connectivity index is 2.26.